The van der Waals surface area contributed by atoms with Crippen molar-refractivity contribution in [2.75, 3.05) is 0 Å². The summed E-state index contributed by atoms with van der Waals surface area (Å²) < 4.78 is 6.09. The van der Waals surface area contributed by atoms with Crippen molar-refractivity contribution in [1.82, 2.24) is 0 Å². The third kappa shape index (κ3) is 23.3. The quantitative estimate of drug-likeness (QED) is 0.0839. The van der Waals surface area contributed by atoms with Gasteiger partial charge in [0.05, 0.1) is 0 Å². The van der Waals surface area contributed by atoms with Gasteiger partial charge >= 0.3 is 11.9 Å². The van der Waals surface area contributed by atoms with Crippen LogP contribution in [0.3, 0.4) is 0 Å². The van der Waals surface area contributed by atoms with Crippen LogP contribution in [0.1, 0.15) is 181 Å². The van der Waals surface area contributed by atoms with Crippen molar-refractivity contribution in [3.05, 3.63) is 0 Å². The molecule has 0 aliphatic rings. The van der Waals surface area contributed by atoms with Gasteiger partial charge in [-0.2, -0.15) is 0 Å². The van der Waals surface area contributed by atoms with Crippen molar-refractivity contribution in [3.63, 3.8) is 0 Å². The van der Waals surface area contributed by atoms with Crippen LogP contribution >= 0.6 is 0 Å². The summed E-state index contributed by atoms with van der Waals surface area (Å²) in [7, 11) is 0. The largest absolute Gasteiger partial charge is 0.481 e. The number of rotatable bonds is 28. The van der Waals surface area contributed by atoms with Crippen molar-refractivity contribution in [3.8, 4) is 0 Å². The van der Waals surface area contributed by atoms with Crippen LogP contribution in [-0.4, -0.2) is 23.1 Å². The van der Waals surface area contributed by atoms with E-state index in [1.807, 2.05) is 0 Å². The van der Waals surface area contributed by atoms with Crippen LogP contribution < -0.4 is 0 Å². The summed E-state index contributed by atoms with van der Waals surface area (Å²) in [5.41, 5.74) is 0. The van der Waals surface area contributed by atoms with Gasteiger partial charge < -0.3 is 9.84 Å². The first kappa shape index (κ1) is 34.9. The average molecular weight is 511 g/mol. The highest BCUT2D eigenvalue weighted by Gasteiger charge is 2.23. The fourth-order valence-electron chi connectivity index (χ4n) is 5.18. The Kier molecular flexibility index (Phi) is 26.2. The van der Waals surface area contributed by atoms with Gasteiger partial charge in [0.2, 0.25) is 0 Å². The van der Waals surface area contributed by atoms with Gasteiger partial charge in [-0.3, -0.25) is 9.59 Å². The van der Waals surface area contributed by atoms with E-state index >= 15 is 0 Å². The summed E-state index contributed by atoms with van der Waals surface area (Å²) in [5, 5.41) is 8.67. The number of hydrogen-bond acceptors (Lipinski definition) is 3. The standard InChI is InChI=1S/C32H62O4/c1-4-7-9-10-11-12-13-16-19-22-26-30(29(6-3)25-8-5-2)36-32(35)28-24-21-18-15-14-17-20-23-27-31(33)34/h29-30H,4-28H2,1-3H3,(H,33,34). The molecule has 1 N–H and O–H groups in total. The number of ether oxygens (including phenoxy) is 1. The molecule has 2 unspecified atom stereocenters. The number of esters is 1. The van der Waals surface area contributed by atoms with Crippen LogP contribution in [0.4, 0.5) is 0 Å². The van der Waals surface area contributed by atoms with Crippen molar-refractivity contribution in [2.45, 2.75) is 187 Å². The number of carbonyl (C=O) groups excluding carboxylic acids is 1. The zero-order valence-corrected chi connectivity index (χ0v) is 24.5. The van der Waals surface area contributed by atoms with Crippen molar-refractivity contribution in [2.24, 2.45) is 5.92 Å². The topological polar surface area (TPSA) is 63.6 Å². The summed E-state index contributed by atoms with van der Waals surface area (Å²) in [4.78, 5) is 23.1. The molecule has 214 valence electrons. The third-order valence-electron chi connectivity index (χ3n) is 7.63. The Morgan fingerprint density at radius 1 is 0.556 bits per heavy atom. The SMILES string of the molecule is CCCCCCCCCCCCC(OC(=O)CCCCCCCCCCC(=O)O)C(CC)CCCC. The molecule has 0 bridgehead atoms. The van der Waals surface area contributed by atoms with Crippen LogP contribution in [0.2, 0.25) is 0 Å². The van der Waals surface area contributed by atoms with Crippen molar-refractivity contribution < 1.29 is 19.4 Å². The first-order valence-corrected chi connectivity index (χ1v) is 16.0. The Morgan fingerprint density at radius 3 is 1.47 bits per heavy atom. The van der Waals surface area contributed by atoms with E-state index in [0.29, 0.717) is 18.8 Å². The molecular formula is C32H62O4. The molecule has 0 rings (SSSR count). The number of carbonyl (C=O) groups is 2. The lowest BCUT2D eigenvalue weighted by atomic mass is 9.90. The number of unbranched alkanes of at least 4 members (excludes halogenated alkanes) is 17. The second kappa shape index (κ2) is 27.0. The zero-order valence-electron chi connectivity index (χ0n) is 24.5. The van der Waals surface area contributed by atoms with E-state index in [1.165, 1.54) is 96.3 Å². The van der Waals surface area contributed by atoms with Crippen molar-refractivity contribution in [1.29, 1.82) is 0 Å². The van der Waals surface area contributed by atoms with Gasteiger partial charge in [-0.1, -0.05) is 130 Å². The normalized spacial score (nSPS) is 13.0. The molecule has 0 amide bonds. The highest BCUT2D eigenvalue weighted by Crippen LogP contribution is 2.25. The molecule has 0 aliphatic carbocycles. The second-order valence-corrected chi connectivity index (χ2v) is 11.0. The summed E-state index contributed by atoms with van der Waals surface area (Å²) >= 11 is 0. The maximum absolute atomic E-state index is 12.6. The van der Waals surface area contributed by atoms with E-state index < -0.39 is 5.97 Å². The molecular weight excluding hydrogens is 448 g/mol. The van der Waals surface area contributed by atoms with E-state index in [9.17, 15) is 9.59 Å². The smallest absolute Gasteiger partial charge is 0.306 e. The molecule has 0 aromatic heterocycles. The van der Waals surface area contributed by atoms with Gasteiger partial charge in [0.25, 0.3) is 0 Å². The van der Waals surface area contributed by atoms with Gasteiger partial charge in [0.15, 0.2) is 0 Å². The fourth-order valence-corrected chi connectivity index (χ4v) is 5.18. The fraction of sp³-hybridized carbons (Fsp3) is 0.938. The average Bonchev–Trinajstić information content (AvgIpc) is 2.86. The van der Waals surface area contributed by atoms with Crippen LogP contribution in [0.25, 0.3) is 0 Å². The van der Waals surface area contributed by atoms with Crippen LogP contribution in [0.15, 0.2) is 0 Å². The van der Waals surface area contributed by atoms with Crippen LogP contribution in [0, 0.1) is 5.92 Å². The Labute approximate surface area is 224 Å². The second-order valence-electron chi connectivity index (χ2n) is 11.0. The Morgan fingerprint density at radius 2 is 1.00 bits per heavy atom. The van der Waals surface area contributed by atoms with E-state index in [4.69, 9.17) is 9.84 Å². The van der Waals surface area contributed by atoms with E-state index in [-0.39, 0.29) is 12.1 Å². The zero-order chi connectivity index (χ0) is 26.7. The predicted octanol–water partition coefficient (Wildman–Crippen LogP) is 10.4. The van der Waals surface area contributed by atoms with E-state index in [2.05, 4.69) is 20.8 Å². The minimum atomic E-state index is -0.691. The summed E-state index contributed by atoms with van der Waals surface area (Å²) in [6, 6.07) is 0. The molecule has 0 aromatic rings. The lowest BCUT2D eigenvalue weighted by molar-refractivity contribution is -0.153. The van der Waals surface area contributed by atoms with Crippen molar-refractivity contribution >= 4 is 11.9 Å². The summed E-state index contributed by atoms with van der Waals surface area (Å²) in [6.07, 6.45) is 28.5. The maximum Gasteiger partial charge on any atom is 0.306 e. The molecule has 0 spiro atoms. The number of carboxylic acid groups (broad SMARTS) is 1. The highest BCUT2D eigenvalue weighted by atomic mass is 16.5. The monoisotopic (exact) mass is 510 g/mol. The third-order valence-corrected chi connectivity index (χ3v) is 7.63. The molecule has 0 aromatic carbocycles. The van der Waals surface area contributed by atoms with Gasteiger partial charge in [-0.15, -0.1) is 0 Å². The first-order chi connectivity index (χ1) is 17.5. The van der Waals surface area contributed by atoms with E-state index in [1.54, 1.807) is 0 Å². The number of carboxylic acids is 1. The molecule has 0 saturated heterocycles. The van der Waals surface area contributed by atoms with Gasteiger partial charge in [0, 0.05) is 12.8 Å². The molecule has 0 radical (unpaired) electrons. The predicted molar refractivity (Wildman–Crippen MR) is 153 cm³/mol. The molecule has 0 fully saturated rings. The first-order valence-electron chi connectivity index (χ1n) is 16.0. The summed E-state index contributed by atoms with van der Waals surface area (Å²) in [6.45, 7) is 6.77. The van der Waals surface area contributed by atoms with Crippen LogP contribution in [0.5, 0.6) is 0 Å². The molecule has 0 aliphatic heterocycles. The molecule has 4 heteroatoms. The van der Waals surface area contributed by atoms with Gasteiger partial charge in [-0.05, 0) is 44.4 Å². The van der Waals surface area contributed by atoms with Gasteiger partial charge in [0.1, 0.15) is 6.10 Å². The minimum Gasteiger partial charge on any atom is -0.481 e. The van der Waals surface area contributed by atoms with Crippen LogP contribution in [-0.2, 0) is 14.3 Å². The molecule has 2 atom stereocenters. The molecule has 0 heterocycles. The Balaban J connectivity index is 4.09. The maximum atomic E-state index is 12.6. The lowest BCUT2D eigenvalue weighted by Crippen LogP contribution is -2.27. The minimum absolute atomic E-state index is 0.00991. The van der Waals surface area contributed by atoms with Gasteiger partial charge in [-0.25, -0.2) is 0 Å². The van der Waals surface area contributed by atoms with E-state index in [0.717, 1.165) is 51.4 Å². The number of aliphatic carboxylic acids is 1. The molecule has 4 nitrogen and oxygen atoms in total. The Hall–Kier alpha value is -1.06. The Bertz CT molecular complexity index is 491. The lowest BCUT2D eigenvalue weighted by Gasteiger charge is -2.26. The highest BCUT2D eigenvalue weighted by molar-refractivity contribution is 5.69. The molecule has 36 heavy (non-hydrogen) atoms. The molecule has 0 saturated carbocycles. The summed E-state index contributed by atoms with van der Waals surface area (Å²) in [5.74, 6) is -0.174. The number of hydrogen-bond donors (Lipinski definition) is 1.